The molecule has 0 spiro atoms. The van der Waals surface area contributed by atoms with Crippen LogP contribution in [-0.4, -0.2) is 63.7 Å². The van der Waals surface area contributed by atoms with Gasteiger partial charge in [0.15, 0.2) is 5.65 Å². The number of aromatic carboxylic acids is 1. The number of carbonyl (C=O) groups is 1. The highest BCUT2D eigenvalue weighted by Gasteiger charge is 2.18. The Labute approximate surface area is 208 Å². The number of nitrogens with one attached hydrogen (secondary N) is 1. The maximum atomic E-state index is 12.9. The van der Waals surface area contributed by atoms with Crippen LogP contribution in [0.15, 0.2) is 65.7 Å². The summed E-state index contributed by atoms with van der Waals surface area (Å²) in [6, 6.07) is 15.8. The number of aromatic nitrogens is 3. The largest absolute Gasteiger partial charge is 0.477 e. The van der Waals surface area contributed by atoms with Crippen LogP contribution in [0.5, 0.6) is 0 Å². The highest BCUT2D eigenvalue weighted by Crippen LogP contribution is 2.24. The smallest absolute Gasteiger partial charge is 0.341 e. The Balaban J connectivity index is 1.54. The summed E-state index contributed by atoms with van der Waals surface area (Å²) in [6.07, 6.45) is 3.61. The predicted octanol–water partition coefficient (Wildman–Crippen LogP) is 3.54. The molecule has 2 aromatic carbocycles. The van der Waals surface area contributed by atoms with Crippen LogP contribution in [-0.2, 0) is 6.42 Å². The van der Waals surface area contributed by atoms with Crippen molar-refractivity contribution in [2.75, 3.05) is 43.4 Å². The average Bonchev–Trinajstić information content (AvgIpc) is 2.89. The van der Waals surface area contributed by atoms with E-state index in [2.05, 4.69) is 51.2 Å². The first kappa shape index (κ1) is 23.5. The summed E-state index contributed by atoms with van der Waals surface area (Å²) >= 11 is 0. The second-order valence-electron chi connectivity index (χ2n) is 8.96. The predicted molar refractivity (Wildman–Crippen MR) is 141 cm³/mol. The molecule has 1 saturated heterocycles. The quantitative estimate of drug-likeness (QED) is 0.428. The number of nitrogens with zero attached hydrogens (tertiary/aromatic N) is 5. The number of hydrogen-bond donors (Lipinski definition) is 2. The number of fused-ring (bicyclic) bond motifs is 1. The molecule has 0 unspecified atom stereocenters. The Kier molecular flexibility index (Phi) is 6.39. The summed E-state index contributed by atoms with van der Waals surface area (Å²) in [5.74, 6) is -0.969. The van der Waals surface area contributed by atoms with E-state index >= 15 is 0 Å². The minimum absolute atomic E-state index is 0.145. The fourth-order valence-electron chi connectivity index (χ4n) is 4.39. The number of benzene rings is 2. The molecule has 0 aliphatic carbocycles. The maximum Gasteiger partial charge on any atom is 0.341 e. The molecule has 9 heteroatoms. The highest BCUT2D eigenvalue weighted by molar-refractivity contribution is 5.92. The Morgan fingerprint density at radius 2 is 1.81 bits per heavy atom. The fourth-order valence-corrected chi connectivity index (χ4v) is 4.39. The van der Waals surface area contributed by atoms with Crippen molar-refractivity contribution in [3.05, 3.63) is 82.3 Å². The van der Waals surface area contributed by atoms with Crippen molar-refractivity contribution in [3.8, 4) is 5.69 Å². The molecule has 1 aliphatic heterocycles. The normalized spacial score (nSPS) is 14.2. The van der Waals surface area contributed by atoms with E-state index in [-0.39, 0.29) is 10.9 Å². The summed E-state index contributed by atoms with van der Waals surface area (Å²) in [5.41, 5.74) is 3.21. The summed E-state index contributed by atoms with van der Waals surface area (Å²) < 4.78 is 1.63. The third-order valence-corrected chi connectivity index (χ3v) is 6.57. The second-order valence-corrected chi connectivity index (χ2v) is 8.96. The van der Waals surface area contributed by atoms with Crippen molar-refractivity contribution in [1.29, 1.82) is 0 Å². The molecule has 0 saturated carbocycles. The second kappa shape index (κ2) is 9.79. The van der Waals surface area contributed by atoms with Crippen LogP contribution in [0.3, 0.4) is 0 Å². The van der Waals surface area contributed by atoms with Gasteiger partial charge in [0.25, 0.3) is 0 Å². The van der Waals surface area contributed by atoms with Crippen LogP contribution >= 0.6 is 0 Å². The maximum absolute atomic E-state index is 12.9. The van der Waals surface area contributed by atoms with Crippen molar-refractivity contribution in [2.45, 2.75) is 13.3 Å². The van der Waals surface area contributed by atoms with Gasteiger partial charge in [-0.2, -0.15) is 4.98 Å². The summed E-state index contributed by atoms with van der Waals surface area (Å²) in [4.78, 5) is 38.2. The number of anilines is 3. The summed E-state index contributed by atoms with van der Waals surface area (Å²) in [5, 5.41) is 13.0. The van der Waals surface area contributed by atoms with Crippen LogP contribution < -0.4 is 15.6 Å². The van der Waals surface area contributed by atoms with Gasteiger partial charge in [0, 0.05) is 55.6 Å². The lowest BCUT2D eigenvalue weighted by Crippen LogP contribution is -2.44. The first-order valence-corrected chi connectivity index (χ1v) is 12.0. The molecule has 184 valence electrons. The molecule has 0 radical (unpaired) electrons. The van der Waals surface area contributed by atoms with Crippen molar-refractivity contribution < 1.29 is 9.90 Å². The van der Waals surface area contributed by atoms with Crippen LogP contribution in [0.1, 0.15) is 22.8 Å². The van der Waals surface area contributed by atoms with Crippen LogP contribution in [0.4, 0.5) is 17.3 Å². The molecule has 36 heavy (non-hydrogen) atoms. The topological polar surface area (TPSA) is 104 Å². The van der Waals surface area contributed by atoms with E-state index < -0.39 is 11.4 Å². The van der Waals surface area contributed by atoms with Gasteiger partial charge in [-0.3, -0.25) is 4.79 Å². The van der Waals surface area contributed by atoms with E-state index in [0.717, 1.165) is 49.5 Å². The summed E-state index contributed by atoms with van der Waals surface area (Å²) in [6.45, 7) is 6.01. The molecule has 0 amide bonds. The third kappa shape index (κ3) is 4.65. The molecule has 2 aromatic heterocycles. The lowest BCUT2D eigenvalue weighted by atomic mass is 10.1. The number of carboxylic acid groups (broad SMARTS) is 1. The van der Waals surface area contributed by atoms with Gasteiger partial charge in [-0.15, -0.1) is 0 Å². The van der Waals surface area contributed by atoms with Crippen LogP contribution in [0.25, 0.3) is 16.7 Å². The zero-order valence-electron chi connectivity index (χ0n) is 20.3. The first-order chi connectivity index (χ1) is 17.4. The van der Waals surface area contributed by atoms with Gasteiger partial charge >= 0.3 is 5.97 Å². The van der Waals surface area contributed by atoms with E-state index in [9.17, 15) is 14.7 Å². The molecule has 0 bridgehead atoms. The highest BCUT2D eigenvalue weighted by atomic mass is 16.4. The molecule has 1 fully saturated rings. The van der Waals surface area contributed by atoms with Gasteiger partial charge in [0.1, 0.15) is 5.56 Å². The molecule has 4 aromatic rings. The number of aryl methyl sites for hydroxylation is 1. The lowest BCUT2D eigenvalue weighted by Gasteiger charge is -2.34. The van der Waals surface area contributed by atoms with Crippen molar-refractivity contribution >= 4 is 34.3 Å². The Hall–Kier alpha value is -4.24. The van der Waals surface area contributed by atoms with Gasteiger partial charge in [-0.05, 0) is 49.4 Å². The Morgan fingerprint density at radius 1 is 1.06 bits per heavy atom. The molecule has 2 N–H and O–H groups in total. The summed E-state index contributed by atoms with van der Waals surface area (Å²) in [7, 11) is 2.13. The minimum atomic E-state index is -1.29. The van der Waals surface area contributed by atoms with Crippen molar-refractivity contribution in [1.82, 2.24) is 19.4 Å². The van der Waals surface area contributed by atoms with E-state index in [1.807, 2.05) is 36.4 Å². The van der Waals surface area contributed by atoms with Crippen molar-refractivity contribution in [2.24, 2.45) is 0 Å². The number of pyridine rings is 1. The van der Waals surface area contributed by atoms with E-state index in [0.29, 0.717) is 17.3 Å². The standard InChI is InChI=1S/C27H28N6O3/c1-3-18-7-9-20(10-8-18)33-17-23(26(35)36)24(34)22-16-28-27(30-25(22)33)29-19-5-4-6-21(15-19)32-13-11-31(2)12-14-32/h4-10,15-17H,3,11-14H2,1-2H3,(H,35,36)(H,28,29,30). The lowest BCUT2D eigenvalue weighted by molar-refractivity contribution is 0.0695. The third-order valence-electron chi connectivity index (χ3n) is 6.57. The van der Waals surface area contributed by atoms with Gasteiger partial charge < -0.3 is 24.8 Å². The van der Waals surface area contributed by atoms with Gasteiger partial charge in [-0.25, -0.2) is 9.78 Å². The van der Waals surface area contributed by atoms with Crippen molar-refractivity contribution in [3.63, 3.8) is 0 Å². The SMILES string of the molecule is CCc1ccc(-n2cc(C(=O)O)c(=O)c3cnc(Nc4cccc(N5CCN(C)CC5)c4)nc32)cc1. The molecule has 1 aliphatic rings. The molecule has 5 rings (SSSR count). The van der Waals surface area contributed by atoms with Crippen LogP contribution in [0.2, 0.25) is 0 Å². The number of carboxylic acids is 1. The van der Waals surface area contributed by atoms with Crippen LogP contribution in [0, 0.1) is 0 Å². The van der Waals surface area contributed by atoms with Gasteiger partial charge in [-0.1, -0.05) is 25.1 Å². The van der Waals surface area contributed by atoms with Gasteiger partial charge in [0.05, 0.1) is 5.39 Å². The monoisotopic (exact) mass is 484 g/mol. The van der Waals surface area contributed by atoms with Gasteiger partial charge in [0.2, 0.25) is 11.4 Å². The van der Waals surface area contributed by atoms with E-state index in [1.165, 1.54) is 12.4 Å². The zero-order valence-corrected chi connectivity index (χ0v) is 20.3. The minimum Gasteiger partial charge on any atom is -0.477 e. The van der Waals surface area contributed by atoms with E-state index in [1.54, 1.807) is 4.57 Å². The average molecular weight is 485 g/mol. The Bertz CT molecular complexity index is 1470. The number of hydrogen-bond acceptors (Lipinski definition) is 7. The molecular weight excluding hydrogens is 456 g/mol. The number of piperazine rings is 1. The van der Waals surface area contributed by atoms with E-state index in [4.69, 9.17) is 0 Å². The first-order valence-electron chi connectivity index (χ1n) is 12.0. The molecule has 9 nitrogen and oxygen atoms in total. The Morgan fingerprint density at radius 3 is 2.50 bits per heavy atom. The zero-order chi connectivity index (χ0) is 25.2. The number of likely N-dealkylation sites (N-methyl/N-ethyl adjacent to an activating group) is 1. The molecule has 0 atom stereocenters. The number of rotatable bonds is 6. The molecule has 3 heterocycles. The molecular formula is C27H28N6O3. The fraction of sp³-hybridized carbons (Fsp3) is 0.259.